The summed E-state index contributed by atoms with van der Waals surface area (Å²) in [4.78, 5) is 27.2. The van der Waals surface area contributed by atoms with Crippen LogP contribution in [-0.2, 0) is 4.79 Å². The summed E-state index contributed by atoms with van der Waals surface area (Å²) in [6.07, 6.45) is 3.79. The van der Waals surface area contributed by atoms with Gasteiger partial charge in [0.15, 0.2) is 5.69 Å². The number of carbonyl (C=O) groups excluding carboxylic acids is 1. The third-order valence-electron chi connectivity index (χ3n) is 4.30. The molecule has 0 unspecified atom stereocenters. The fraction of sp³-hybridized carbons (Fsp3) is 0.438. The number of piperidine rings is 1. The molecule has 0 saturated carbocycles. The second-order valence-corrected chi connectivity index (χ2v) is 6.06. The minimum Gasteiger partial charge on any atom is -0.493 e. The molecule has 1 fully saturated rings. The average Bonchev–Trinajstić information content (AvgIpc) is 2.93. The summed E-state index contributed by atoms with van der Waals surface area (Å²) in [5, 5.41) is 28.6. The molecule has 0 aliphatic carbocycles. The Morgan fingerprint density at radius 2 is 2.08 bits per heavy atom. The van der Waals surface area contributed by atoms with E-state index in [2.05, 4.69) is 20.1 Å². The zero-order valence-electron chi connectivity index (χ0n) is 13.6. The van der Waals surface area contributed by atoms with Crippen LogP contribution in [0.3, 0.4) is 0 Å². The number of nitrogens with zero attached hydrogens (tertiary/aromatic N) is 4. The molecular weight excluding hydrogens is 326 g/mol. The van der Waals surface area contributed by atoms with Crippen LogP contribution in [0.25, 0.3) is 10.9 Å². The molecule has 2 heterocycles. The second-order valence-electron chi connectivity index (χ2n) is 6.06. The number of aromatic hydroxyl groups is 1. The number of nitro benzene ring substituents is 1. The topological polar surface area (TPSA) is 124 Å². The molecule has 1 aliphatic heterocycles. The Balaban J connectivity index is 1.71. The van der Waals surface area contributed by atoms with Crippen molar-refractivity contribution in [3.8, 4) is 5.88 Å². The number of amides is 1. The largest absolute Gasteiger partial charge is 0.493 e. The summed E-state index contributed by atoms with van der Waals surface area (Å²) in [6.45, 7) is 2.64. The van der Waals surface area contributed by atoms with Crippen LogP contribution in [0.4, 0.5) is 11.4 Å². The molecule has 9 heteroatoms. The van der Waals surface area contributed by atoms with Crippen molar-refractivity contribution in [3.63, 3.8) is 0 Å². The normalized spacial score (nSPS) is 15.8. The highest BCUT2D eigenvalue weighted by atomic mass is 16.6. The van der Waals surface area contributed by atoms with Gasteiger partial charge in [0, 0.05) is 30.5 Å². The second kappa shape index (κ2) is 7.39. The first kappa shape index (κ1) is 17.0. The smallest absolute Gasteiger partial charge is 0.270 e. The SMILES string of the molecule is O=C(CCN1CCCCC1)N=Nc1c(O)[nH]c2ccc([N+](=O)[O-])cc12. The molecule has 9 nitrogen and oxygen atoms in total. The maximum absolute atomic E-state index is 11.9. The number of hydrogen-bond donors (Lipinski definition) is 2. The van der Waals surface area contributed by atoms with Crippen LogP contribution in [0.5, 0.6) is 5.88 Å². The Bertz CT molecular complexity index is 823. The number of carbonyl (C=O) groups is 1. The van der Waals surface area contributed by atoms with Crippen LogP contribution in [0.1, 0.15) is 25.7 Å². The molecule has 1 aromatic heterocycles. The number of nitro groups is 1. The van der Waals surface area contributed by atoms with Crippen molar-refractivity contribution in [3.05, 3.63) is 28.3 Å². The summed E-state index contributed by atoms with van der Waals surface area (Å²) in [5.74, 6) is -0.659. The predicted molar refractivity (Wildman–Crippen MR) is 91.0 cm³/mol. The Kier molecular flexibility index (Phi) is 5.03. The van der Waals surface area contributed by atoms with Gasteiger partial charge < -0.3 is 15.0 Å². The molecule has 1 saturated heterocycles. The molecule has 2 N–H and O–H groups in total. The molecule has 1 amide bonds. The van der Waals surface area contributed by atoms with Gasteiger partial charge in [0.2, 0.25) is 5.88 Å². The van der Waals surface area contributed by atoms with Gasteiger partial charge in [0.25, 0.3) is 11.6 Å². The molecule has 2 aromatic rings. The Hall–Kier alpha value is -2.81. The number of azo groups is 1. The van der Waals surface area contributed by atoms with Gasteiger partial charge in [0.1, 0.15) is 0 Å². The predicted octanol–water partition coefficient (Wildman–Crippen LogP) is 3.27. The Morgan fingerprint density at radius 3 is 2.80 bits per heavy atom. The van der Waals surface area contributed by atoms with Crippen LogP contribution in [0.15, 0.2) is 28.4 Å². The van der Waals surface area contributed by atoms with Gasteiger partial charge in [-0.25, -0.2) is 0 Å². The highest BCUT2D eigenvalue weighted by Gasteiger charge is 2.16. The van der Waals surface area contributed by atoms with Crippen molar-refractivity contribution < 1.29 is 14.8 Å². The monoisotopic (exact) mass is 345 g/mol. The van der Waals surface area contributed by atoms with Crippen molar-refractivity contribution in [2.75, 3.05) is 19.6 Å². The van der Waals surface area contributed by atoms with Gasteiger partial charge >= 0.3 is 0 Å². The first-order chi connectivity index (χ1) is 12.0. The van der Waals surface area contributed by atoms with E-state index in [9.17, 15) is 20.0 Å². The minimum absolute atomic E-state index is 0.0324. The number of hydrogen-bond acceptors (Lipinski definition) is 6. The van der Waals surface area contributed by atoms with Crippen molar-refractivity contribution >= 4 is 28.2 Å². The third kappa shape index (κ3) is 4.00. The summed E-state index contributed by atoms with van der Waals surface area (Å²) < 4.78 is 0. The zero-order valence-corrected chi connectivity index (χ0v) is 13.6. The van der Waals surface area contributed by atoms with Crippen molar-refractivity contribution in [1.82, 2.24) is 9.88 Å². The van der Waals surface area contributed by atoms with Crippen molar-refractivity contribution in [2.45, 2.75) is 25.7 Å². The lowest BCUT2D eigenvalue weighted by molar-refractivity contribution is -0.384. The molecule has 1 aromatic carbocycles. The fourth-order valence-electron chi connectivity index (χ4n) is 2.96. The molecule has 0 radical (unpaired) electrons. The molecule has 0 bridgehead atoms. The lowest BCUT2D eigenvalue weighted by Gasteiger charge is -2.25. The van der Waals surface area contributed by atoms with Crippen LogP contribution in [0, 0.1) is 10.1 Å². The molecule has 3 rings (SSSR count). The number of non-ortho nitro benzene ring substituents is 1. The Morgan fingerprint density at radius 1 is 1.32 bits per heavy atom. The van der Waals surface area contributed by atoms with E-state index in [1.165, 1.54) is 24.6 Å². The number of fused-ring (bicyclic) bond motifs is 1. The molecule has 0 atom stereocenters. The summed E-state index contributed by atoms with van der Waals surface area (Å²) >= 11 is 0. The van der Waals surface area contributed by atoms with Crippen LogP contribution >= 0.6 is 0 Å². The van der Waals surface area contributed by atoms with Gasteiger partial charge in [-0.05, 0) is 32.0 Å². The molecule has 25 heavy (non-hydrogen) atoms. The highest BCUT2D eigenvalue weighted by molar-refractivity contribution is 5.95. The fourth-order valence-corrected chi connectivity index (χ4v) is 2.96. The summed E-state index contributed by atoms with van der Waals surface area (Å²) in [6, 6.07) is 4.09. The van der Waals surface area contributed by atoms with Gasteiger partial charge in [-0.15, -0.1) is 10.2 Å². The Labute approximate surface area is 143 Å². The van der Waals surface area contributed by atoms with Gasteiger partial charge in [0.05, 0.1) is 10.4 Å². The lowest BCUT2D eigenvalue weighted by Crippen LogP contribution is -2.31. The third-order valence-corrected chi connectivity index (χ3v) is 4.30. The number of rotatable bonds is 5. The molecule has 0 spiro atoms. The average molecular weight is 345 g/mol. The number of likely N-dealkylation sites (tertiary alicyclic amines) is 1. The van der Waals surface area contributed by atoms with Crippen LogP contribution < -0.4 is 0 Å². The number of aromatic nitrogens is 1. The van der Waals surface area contributed by atoms with E-state index in [0.29, 0.717) is 17.4 Å². The van der Waals surface area contributed by atoms with E-state index in [1.54, 1.807) is 0 Å². The molecular formula is C16H19N5O4. The van der Waals surface area contributed by atoms with Crippen molar-refractivity contribution in [1.29, 1.82) is 0 Å². The van der Waals surface area contributed by atoms with Crippen molar-refractivity contribution in [2.24, 2.45) is 10.2 Å². The van der Waals surface area contributed by atoms with E-state index in [1.807, 2.05) is 0 Å². The maximum Gasteiger partial charge on any atom is 0.270 e. The maximum atomic E-state index is 11.9. The van der Waals surface area contributed by atoms with E-state index in [4.69, 9.17) is 0 Å². The van der Waals surface area contributed by atoms with Gasteiger partial charge in [-0.2, -0.15) is 0 Å². The standard InChI is InChI=1S/C16H19N5O4/c22-14(6-9-20-7-2-1-3-8-20)18-19-15-12-10-11(21(24)25)4-5-13(12)17-16(15)23/h4-5,10,17,23H,1-3,6-9H2. The summed E-state index contributed by atoms with van der Waals surface area (Å²) in [5.41, 5.74) is 0.391. The van der Waals surface area contributed by atoms with Gasteiger partial charge in [-0.3, -0.25) is 14.9 Å². The highest BCUT2D eigenvalue weighted by Crippen LogP contribution is 2.37. The number of benzene rings is 1. The summed E-state index contributed by atoms with van der Waals surface area (Å²) in [7, 11) is 0. The minimum atomic E-state index is -0.534. The van der Waals surface area contributed by atoms with Crippen LogP contribution in [0.2, 0.25) is 0 Å². The van der Waals surface area contributed by atoms with Gasteiger partial charge in [-0.1, -0.05) is 6.42 Å². The van der Waals surface area contributed by atoms with E-state index < -0.39 is 4.92 Å². The zero-order chi connectivity index (χ0) is 17.8. The van der Waals surface area contributed by atoms with E-state index >= 15 is 0 Å². The molecule has 132 valence electrons. The number of nitrogens with one attached hydrogen (secondary N) is 1. The van der Waals surface area contributed by atoms with Crippen LogP contribution in [-0.4, -0.2) is 45.5 Å². The number of aromatic amines is 1. The quantitative estimate of drug-likeness (QED) is 0.489. The number of H-pyrrole nitrogens is 1. The van der Waals surface area contributed by atoms with E-state index in [0.717, 1.165) is 25.9 Å². The first-order valence-corrected chi connectivity index (χ1v) is 8.20. The lowest BCUT2D eigenvalue weighted by atomic mass is 10.1. The first-order valence-electron chi connectivity index (χ1n) is 8.20. The molecule has 1 aliphatic rings. The van der Waals surface area contributed by atoms with E-state index in [-0.39, 0.29) is 29.6 Å².